The number of anilines is 1. The van der Waals surface area contributed by atoms with Crippen LogP contribution >= 0.6 is 11.8 Å². The van der Waals surface area contributed by atoms with E-state index in [4.69, 9.17) is 4.74 Å². The second kappa shape index (κ2) is 9.02. The molecule has 108 valence electrons. The molecule has 1 rings (SSSR count). The molecule has 0 aromatic carbocycles. The fraction of sp³-hybridized carbons (Fsp3) is 0.714. The van der Waals surface area contributed by atoms with E-state index in [-0.39, 0.29) is 0 Å². The molecule has 0 aliphatic carbocycles. The van der Waals surface area contributed by atoms with Crippen LogP contribution in [-0.4, -0.2) is 29.4 Å². The zero-order chi connectivity index (χ0) is 14.1. The molecule has 0 unspecified atom stereocenters. The molecule has 0 saturated heterocycles. The van der Waals surface area contributed by atoms with Gasteiger partial charge in [0.2, 0.25) is 5.88 Å². The summed E-state index contributed by atoms with van der Waals surface area (Å²) >= 11 is 1.53. The Morgan fingerprint density at radius 1 is 1.37 bits per heavy atom. The standard InChI is InChI=1S/C14H25N3OS/c1-5-8-15-12-10-13(17-14(16-12)19-4)18-9-6-7-11(2)3/h10-11H,5-9H2,1-4H3,(H,15,16,17). The molecule has 0 amide bonds. The van der Waals surface area contributed by atoms with Crippen LogP contribution in [0.15, 0.2) is 11.2 Å². The van der Waals surface area contributed by atoms with Crippen LogP contribution in [0, 0.1) is 5.92 Å². The van der Waals surface area contributed by atoms with Gasteiger partial charge in [0.05, 0.1) is 6.61 Å². The lowest BCUT2D eigenvalue weighted by atomic mass is 10.1. The van der Waals surface area contributed by atoms with Crippen molar-refractivity contribution in [1.82, 2.24) is 9.97 Å². The van der Waals surface area contributed by atoms with Crippen molar-refractivity contribution in [3.8, 4) is 5.88 Å². The fourth-order valence-corrected chi connectivity index (χ4v) is 1.95. The highest BCUT2D eigenvalue weighted by Crippen LogP contribution is 2.19. The minimum atomic E-state index is 0.668. The van der Waals surface area contributed by atoms with Crippen LogP contribution in [0.2, 0.25) is 0 Å². The monoisotopic (exact) mass is 283 g/mol. The normalized spacial score (nSPS) is 10.8. The van der Waals surface area contributed by atoms with Gasteiger partial charge in [0, 0.05) is 12.6 Å². The lowest BCUT2D eigenvalue weighted by Gasteiger charge is -2.10. The number of nitrogens with zero attached hydrogens (tertiary/aromatic N) is 2. The molecule has 0 atom stereocenters. The molecule has 1 N–H and O–H groups in total. The molecule has 1 heterocycles. The van der Waals surface area contributed by atoms with Crippen molar-refractivity contribution in [3.63, 3.8) is 0 Å². The zero-order valence-corrected chi connectivity index (χ0v) is 13.2. The number of thioether (sulfide) groups is 1. The van der Waals surface area contributed by atoms with Crippen molar-refractivity contribution in [2.24, 2.45) is 5.92 Å². The Balaban J connectivity index is 2.55. The molecule has 0 saturated carbocycles. The van der Waals surface area contributed by atoms with Crippen molar-refractivity contribution in [2.45, 2.75) is 45.2 Å². The first-order chi connectivity index (χ1) is 9.15. The van der Waals surface area contributed by atoms with E-state index in [1.807, 2.05) is 12.3 Å². The van der Waals surface area contributed by atoms with Gasteiger partial charge in [-0.15, -0.1) is 0 Å². The average molecular weight is 283 g/mol. The average Bonchev–Trinajstić information content (AvgIpc) is 2.41. The molecule has 0 bridgehead atoms. The molecule has 0 radical (unpaired) electrons. The van der Waals surface area contributed by atoms with Gasteiger partial charge in [-0.3, -0.25) is 0 Å². The van der Waals surface area contributed by atoms with Gasteiger partial charge in [-0.05, 0) is 31.4 Å². The van der Waals surface area contributed by atoms with Gasteiger partial charge in [0.1, 0.15) is 5.82 Å². The third-order valence-electron chi connectivity index (χ3n) is 2.60. The highest BCUT2D eigenvalue weighted by Gasteiger charge is 2.05. The number of hydrogen-bond donors (Lipinski definition) is 1. The number of nitrogens with one attached hydrogen (secondary N) is 1. The highest BCUT2D eigenvalue weighted by atomic mass is 32.2. The van der Waals surface area contributed by atoms with Gasteiger partial charge in [0.15, 0.2) is 5.16 Å². The third-order valence-corrected chi connectivity index (χ3v) is 3.14. The zero-order valence-electron chi connectivity index (χ0n) is 12.4. The Kier molecular flexibility index (Phi) is 7.63. The van der Waals surface area contributed by atoms with E-state index in [0.717, 1.165) is 42.9 Å². The van der Waals surface area contributed by atoms with Crippen molar-refractivity contribution in [2.75, 3.05) is 24.7 Å². The summed E-state index contributed by atoms with van der Waals surface area (Å²) in [5, 5.41) is 4.02. The Morgan fingerprint density at radius 2 is 2.16 bits per heavy atom. The van der Waals surface area contributed by atoms with Gasteiger partial charge in [0.25, 0.3) is 0 Å². The van der Waals surface area contributed by atoms with Crippen molar-refractivity contribution < 1.29 is 4.74 Å². The van der Waals surface area contributed by atoms with Gasteiger partial charge < -0.3 is 10.1 Å². The van der Waals surface area contributed by atoms with Crippen LogP contribution in [0.4, 0.5) is 5.82 Å². The van der Waals surface area contributed by atoms with Crippen molar-refractivity contribution >= 4 is 17.6 Å². The third kappa shape index (κ3) is 6.66. The Bertz CT molecular complexity index is 372. The molecule has 0 aliphatic heterocycles. The maximum absolute atomic E-state index is 5.72. The SMILES string of the molecule is CCCNc1cc(OCCCC(C)C)nc(SC)n1. The summed E-state index contributed by atoms with van der Waals surface area (Å²) in [4.78, 5) is 8.77. The number of rotatable bonds is 9. The van der Waals surface area contributed by atoms with Gasteiger partial charge in [-0.2, -0.15) is 4.98 Å². The predicted molar refractivity (Wildman–Crippen MR) is 82.2 cm³/mol. The number of ether oxygens (including phenoxy) is 1. The lowest BCUT2D eigenvalue weighted by molar-refractivity contribution is 0.284. The first kappa shape index (κ1) is 16.1. The Labute approximate surface area is 120 Å². The van der Waals surface area contributed by atoms with E-state index >= 15 is 0 Å². The second-order valence-corrected chi connectivity index (χ2v) is 5.66. The molecular formula is C14H25N3OS. The summed E-state index contributed by atoms with van der Waals surface area (Å²) in [5.41, 5.74) is 0. The molecule has 0 aliphatic rings. The summed E-state index contributed by atoms with van der Waals surface area (Å²) in [6.07, 6.45) is 5.29. The van der Waals surface area contributed by atoms with Crippen LogP contribution in [0.5, 0.6) is 5.88 Å². The summed E-state index contributed by atoms with van der Waals surface area (Å²) in [7, 11) is 0. The molecular weight excluding hydrogens is 258 g/mol. The van der Waals surface area contributed by atoms with E-state index in [9.17, 15) is 0 Å². The van der Waals surface area contributed by atoms with Crippen LogP contribution in [-0.2, 0) is 0 Å². The molecule has 4 nitrogen and oxygen atoms in total. The molecule has 5 heteroatoms. The molecule has 1 aromatic heterocycles. The maximum Gasteiger partial charge on any atom is 0.219 e. The summed E-state index contributed by atoms with van der Waals surface area (Å²) in [5.74, 6) is 2.24. The van der Waals surface area contributed by atoms with Gasteiger partial charge in [-0.1, -0.05) is 32.5 Å². The van der Waals surface area contributed by atoms with Crippen LogP contribution in [0.3, 0.4) is 0 Å². The van der Waals surface area contributed by atoms with Gasteiger partial charge in [-0.25, -0.2) is 4.98 Å². The first-order valence-electron chi connectivity index (χ1n) is 6.95. The van der Waals surface area contributed by atoms with E-state index in [1.54, 1.807) is 0 Å². The van der Waals surface area contributed by atoms with Crippen molar-refractivity contribution in [1.29, 1.82) is 0 Å². The first-order valence-corrected chi connectivity index (χ1v) is 8.18. The number of hydrogen-bond acceptors (Lipinski definition) is 5. The Morgan fingerprint density at radius 3 is 2.79 bits per heavy atom. The van der Waals surface area contributed by atoms with Crippen LogP contribution in [0.1, 0.15) is 40.0 Å². The largest absolute Gasteiger partial charge is 0.478 e. The summed E-state index contributed by atoms with van der Waals surface area (Å²) < 4.78 is 5.72. The van der Waals surface area contributed by atoms with E-state index in [2.05, 4.69) is 36.1 Å². The minimum absolute atomic E-state index is 0.668. The van der Waals surface area contributed by atoms with Gasteiger partial charge >= 0.3 is 0 Å². The van der Waals surface area contributed by atoms with E-state index in [0.29, 0.717) is 5.88 Å². The number of aromatic nitrogens is 2. The van der Waals surface area contributed by atoms with E-state index < -0.39 is 0 Å². The summed E-state index contributed by atoms with van der Waals surface area (Å²) in [6.45, 7) is 8.22. The van der Waals surface area contributed by atoms with E-state index in [1.165, 1.54) is 18.2 Å². The minimum Gasteiger partial charge on any atom is -0.478 e. The summed E-state index contributed by atoms with van der Waals surface area (Å²) in [6, 6.07) is 1.88. The second-order valence-electron chi connectivity index (χ2n) is 4.89. The van der Waals surface area contributed by atoms with Crippen LogP contribution < -0.4 is 10.1 Å². The molecule has 0 spiro atoms. The Hall–Kier alpha value is -0.970. The topological polar surface area (TPSA) is 47.0 Å². The maximum atomic E-state index is 5.72. The predicted octanol–water partition coefficient (Wildman–Crippen LogP) is 3.84. The molecule has 1 aromatic rings. The molecule has 0 fully saturated rings. The highest BCUT2D eigenvalue weighted by molar-refractivity contribution is 7.98. The fourth-order valence-electron chi connectivity index (χ4n) is 1.58. The smallest absolute Gasteiger partial charge is 0.219 e. The quantitative estimate of drug-likeness (QED) is 0.424. The van der Waals surface area contributed by atoms with Crippen LogP contribution in [0.25, 0.3) is 0 Å². The lowest BCUT2D eigenvalue weighted by Crippen LogP contribution is -2.06. The molecule has 19 heavy (non-hydrogen) atoms. The van der Waals surface area contributed by atoms with Crippen molar-refractivity contribution in [3.05, 3.63) is 6.07 Å².